The summed E-state index contributed by atoms with van der Waals surface area (Å²) in [6, 6.07) is 6.58. The molecule has 24 heavy (non-hydrogen) atoms. The fourth-order valence-electron chi connectivity index (χ4n) is 2.03. The molecule has 6 nitrogen and oxygen atoms in total. The molecule has 1 aromatic carbocycles. The van der Waals surface area contributed by atoms with E-state index in [0.717, 1.165) is 5.56 Å². The number of rotatable bonds is 5. The third kappa shape index (κ3) is 5.33. The SMILES string of the molecule is CN=C(NCCc1cccc(F)c1)NCc1noc(C(C)(C)C)n1. The maximum Gasteiger partial charge on any atom is 0.232 e. The Kier molecular flexibility index (Phi) is 5.89. The fraction of sp³-hybridized carbons (Fsp3) is 0.471. The summed E-state index contributed by atoms with van der Waals surface area (Å²) in [6.07, 6.45) is 0.703. The number of hydrogen-bond donors (Lipinski definition) is 2. The Morgan fingerprint density at radius 1 is 1.29 bits per heavy atom. The Morgan fingerprint density at radius 3 is 2.71 bits per heavy atom. The van der Waals surface area contributed by atoms with Gasteiger partial charge in [-0.25, -0.2) is 4.39 Å². The number of halogens is 1. The molecule has 130 valence electrons. The van der Waals surface area contributed by atoms with Crippen LogP contribution in [0, 0.1) is 5.82 Å². The zero-order chi connectivity index (χ0) is 17.6. The van der Waals surface area contributed by atoms with Crippen molar-refractivity contribution < 1.29 is 8.91 Å². The molecule has 0 bridgehead atoms. The highest BCUT2D eigenvalue weighted by Crippen LogP contribution is 2.19. The lowest BCUT2D eigenvalue weighted by atomic mass is 9.97. The van der Waals surface area contributed by atoms with E-state index in [1.165, 1.54) is 12.1 Å². The molecule has 2 rings (SSSR count). The van der Waals surface area contributed by atoms with E-state index < -0.39 is 0 Å². The van der Waals surface area contributed by atoms with Crippen LogP contribution in [0.2, 0.25) is 0 Å². The van der Waals surface area contributed by atoms with Crippen LogP contribution in [-0.2, 0) is 18.4 Å². The van der Waals surface area contributed by atoms with Crippen molar-refractivity contribution in [3.05, 3.63) is 47.4 Å². The van der Waals surface area contributed by atoms with Crippen LogP contribution in [0.3, 0.4) is 0 Å². The largest absolute Gasteiger partial charge is 0.356 e. The van der Waals surface area contributed by atoms with Gasteiger partial charge < -0.3 is 15.2 Å². The molecule has 0 aliphatic carbocycles. The molecule has 7 heteroatoms. The molecular weight excluding hydrogens is 309 g/mol. The van der Waals surface area contributed by atoms with Crippen LogP contribution in [0.4, 0.5) is 4.39 Å². The van der Waals surface area contributed by atoms with Gasteiger partial charge in [0.1, 0.15) is 5.82 Å². The van der Waals surface area contributed by atoms with Crippen molar-refractivity contribution in [1.29, 1.82) is 0 Å². The molecule has 2 aromatic rings. The summed E-state index contributed by atoms with van der Waals surface area (Å²) in [5.74, 6) is 1.59. The molecule has 0 radical (unpaired) electrons. The number of aromatic nitrogens is 2. The van der Waals surface area contributed by atoms with Crippen molar-refractivity contribution in [2.75, 3.05) is 13.6 Å². The Morgan fingerprint density at radius 2 is 2.08 bits per heavy atom. The molecule has 0 saturated carbocycles. The van der Waals surface area contributed by atoms with Gasteiger partial charge in [0.15, 0.2) is 11.8 Å². The van der Waals surface area contributed by atoms with Crippen LogP contribution >= 0.6 is 0 Å². The highest BCUT2D eigenvalue weighted by Gasteiger charge is 2.21. The van der Waals surface area contributed by atoms with E-state index in [1.54, 1.807) is 13.1 Å². The lowest BCUT2D eigenvalue weighted by molar-refractivity contribution is 0.318. The molecule has 0 aliphatic rings. The zero-order valence-electron chi connectivity index (χ0n) is 14.6. The number of aliphatic imine (C=N–C) groups is 1. The van der Waals surface area contributed by atoms with Crippen LogP contribution in [0.25, 0.3) is 0 Å². The second kappa shape index (κ2) is 7.90. The molecule has 0 spiro atoms. The normalized spacial score (nSPS) is 12.3. The maximum atomic E-state index is 13.1. The molecule has 0 amide bonds. The molecule has 1 aromatic heterocycles. The van der Waals surface area contributed by atoms with Crippen molar-refractivity contribution in [1.82, 2.24) is 20.8 Å². The van der Waals surface area contributed by atoms with Crippen LogP contribution in [0.5, 0.6) is 0 Å². The topological polar surface area (TPSA) is 75.3 Å². The van der Waals surface area contributed by atoms with Gasteiger partial charge in [0.25, 0.3) is 0 Å². The Labute approximate surface area is 141 Å². The van der Waals surface area contributed by atoms with Crippen molar-refractivity contribution in [3.8, 4) is 0 Å². The summed E-state index contributed by atoms with van der Waals surface area (Å²) in [5.41, 5.74) is 0.766. The quantitative estimate of drug-likeness (QED) is 0.649. The average molecular weight is 333 g/mol. The highest BCUT2D eigenvalue weighted by molar-refractivity contribution is 5.79. The van der Waals surface area contributed by atoms with Gasteiger partial charge in [-0.1, -0.05) is 38.1 Å². The molecule has 0 aliphatic heterocycles. The first kappa shape index (κ1) is 17.9. The first-order chi connectivity index (χ1) is 11.4. The molecule has 0 saturated heterocycles. The first-order valence-corrected chi connectivity index (χ1v) is 7.90. The van der Waals surface area contributed by atoms with E-state index in [2.05, 4.69) is 25.8 Å². The summed E-state index contributed by atoms with van der Waals surface area (Å²) >= 11 is 0. The van der Waals surface area contributed by atoms with Crippen molar-refractivity contribution >= 4 is 5.96 Å². The minimum absolute atomic E-state index is 0.171. The van der Waals surface area contributed by atoms with Crippen LogP contribution in [0.15, 0.2) is 33.8 Å². The minimum atomic E-state index is -0.221. The van der Waals surface area contributed by atoms with Gasteiger partial charge in [0.2, 0.25) is 5.89 Å². The zero-order valence-corrected chi connectivity index (χ0v) is 14.6. The second-order valence-corrected chi connectivity index (χ2v) is 6.50. The number of guanidine groups is 1. The molecule has 0 unspecified atom stereocenters. The minimum Gasteiger partial charge on any atom is -0.356 e. The van der Waals surface area contributed by atoms with Gasteiger partial charge in [-0.15, -0.1) is 0 Å². The van der Waals surface area contributed by atoms with Gasteiger partial charge in [-0.3, -0.25) is 4.99 Å². The number of benzene rings is 1. The Bertz CT molecular complexity index is 690. The van der Waals surface area contributed by atoms with Gasteiger partial charge >= 0.3 is 0 Å². The van der Waals surface area contributed by atoms with Gasteiger partial charge in [0.05, 0.1) is 6.54 Å². The number of hydrogen-bond acceptors (Lipinski definition) is 4. The van der Waals surface area contributed by atoms with E-state index in [4.69, 9.17) is 4.52 Å². The predicted molar refractivity (Wildman–Crippen MR) is 91.3 cm³/mol. The van der Waals surface area contributed by atoms with E-state index in [-0.39, 0.29) is 11.2 Å². The Hall–Kier alpha value is -2.44. The number of nitrogens with zero attached hydrogens (tertiary/aromatic N) is 3. The van der Waals surface area contributed by atoms with Gasteiger partial charge in [-0.2, -0.15) is 4.98 Å². The second-order valence-electron chi connectivity index (χ2n) is 6.50. The average Bonchev–Trinajstić information content (AvgIpc) is 3.00. The van der Waals surface area contributed by atoms with Crippen LogP contribution in [0.1, 0.15) is 38.0 Å². The predicted octanol–water partition coefficient (Wildman–Crippen LogP) is 2.41. The van der Waals surface area contributed by atoms with Crippen LogP contribution < -0.4 is 10.6 Å². The van der Waals surface area contributed by atoms with E-state index in [9.17, 15) is 4.39 Å². The highest BCUT2D eigenvalue weighted by atomic mass is 19.1. The smallest absolute Gasteiger partial charge is 0.232 e. The number of nitrogens with one attached hydrogen (secondary N) is 2. The lowest BCUT2D eigenvalue weighted by Crippen LogP contribution is -2.38. The Balaban J connectivity index is 1.79. The maximum absolute atomic E-state index is 13.1. The van der Waals surface area contributed by atoms with E-state index >= 15 is 0 Å². The summed E-state index contributed by atoms with van der Waals surface area (Å²) in [6.45, 7) is 7.11. The third-order valence-corrected chi connectivity index (χ3v) is 3.34. The summed E-state index contributed by atoms with van der Waals surface area (Å²) in [5, 5.41) is 10.3. The van der Waals surface area contributed by atoms with Crippen molar-refractivity contribution in [2.24, 2.45) is 4.99 Å². The van der Waals surface area contributed by atoms with Crippen molar-refractivity contribution in [3.63, 3.8) is 0 Å². The standard InChI is InChI=1S/C17H24FN5O/c1-17(2,3)15-22-14(23-24-15)11-21-16(19-4)20-9-8-12-6-5-7-13(18)10-12/h5-7,10H,8-9,11H2,1-4H3,(H2,19,20,21). The summed E-state index contributed by atoms with van der Waals surface area (Å²) in [7, 11) is 1.69. The summed E-state index contributed by atoms with van der Waals surface area (Å²) in [4.78, 5) is 8.50. The fourth-order valence-corrected chi connectivity index (χ4v) is 2.03. The molecular formula is C17H24FN5O. The van der Waals surface area contributed by atoms with Crippen LogP contribution in [-0.4, -0.2) is 29.7 Å². The molecule has 1 heterocycles. The van der Waals surface area contributed by atoms with Gasteiger partial charge in [0, 0.05) is 19.0 Å². The monoisotopic (exact) mass is 333 g/mol. The van der Waals surface area contributed by atoms with Crippen molar-refractivity contribution in [2.45, 2.75) is 39.2 Å². The lowest BCUT2D eigenvalue weighted by Gasteiger charge is -2.11. The molecule has 0 fully saturated rings. The third-order valence-electron chi connectivity index (χ3n) is 3.34. The first-order valence-electron chi connectivity index (χ1n) is 7.90. The molecule has 0 atom stereocenters. The van der Waals surface area contributed by atoms with E-state index in [1.807, 2.05) is 26.8 Å². The van der Waals surface area contributed by atoms with E-state index in [0.29, 0.717) is 37.2 Å². The van der Waals surface area contributed by atoms with Gasteiger partial charge in [-0.05, 0) is 24.1 Å². The molecule has 2 N–H and O–H groups in total. The summed E-state index contributed by atoms with van der Waals surface area (Å²) < 4.78 is 18.4.